The maximum atomic E-state index is 7.58. The van der Waals surface area contributed by atoms with E-state index in [-0.39, 0.29) is 0 Å². The highest BCUT2D eigenvalue weighted by atomic mass is 16.6. The third-order valence-corrected chi connectivity index (χ3v) is 0.575. The summed E-state index contributed by atoms with van der Waals surface area (Å²) in [7, 11) is -7.17. The average molecular weight is 244 g/mol. The largest absolute Gasteiger partial charge is 0.382 e. The predicted molar refractivity (Wildman–Crippen MR) is 56.2 cm³/mol. The molecular weight excluding hydrogens is 200 g/mol. The van der Waals surface area contributed by atoms with Crippen LogP contribution in [0.3, 0.4) is 0 Å². The number of methoxy groups -OCH3 is 2. The second kappa shape index (κ2) is 13.8. The Morgan fingerprint density at radius 3 is 1.33 bits per heavy atom. The molecule has 0 aliphatic carbocycles. The molecule has 0 amide bonds. The maximum Gasteiger partial charge on any atom is 0.0701 e. The lowest BCUT2D eigenvalue weighted by molar-refractivity contribution is -0.00380. The Labute approximate surface area is 123 Å². The fraction of sp³-hybridized carbons (Fsp3) is 1.00. The summed E-state index contributed by atoms with van der Waals surface area (Å²) >= 11 is 0. The molecule has 0 radical (unpaired) electrons. The zero-order valence-corrected chi connectivity index (χ0v) is 7.04. The average Bonchev–Trinajstić information content (AvgIpc) is 2.45. The van der Waals surface area contributed by atoms with E-state index in [1.165, 1.54) is 0 Å². The minimum absolute atomic E-state index is 3.58. The highest BCUT2D eigenvalue weighted by Crippen LogP contribution is 1.81. The van der Waals surface area contributed by atoms with E-state index in [9.17, 15) is 0 Å². The van der Waals surface area contributed by atoms with E-state index in [0.29, 0.717) is 0 Å². The van der Waals surface area contributed by atoms with Crippen LogP contribution in [0.5, 0.6) is 0 Å². The summed E-state index contributed by atoms with van der Waals surface area (Å²) in [6, 6.07) is 0. The quantitative estimate of drug-likeness (QED) is 0.495. The van der Waals surface area contributed by atoms with Gasteiger partial charge >= 0.3 is 0 Å². The Hall–Kier alpha value is -0.200. The van der Waals surface area contributed by atoms with E-state index in [4.69, 9.17) is 30.2 Å². The van der Waals surface area contributed by atoms with E-state index in [1.807, 2.05) is 0 Å². The normalized spacial score (nSPS) is 41.9. The van der Waals surface area contributed by atoms with Crippen LogP contribution in [0.25, 0.3) is 0 Å². The summed E-state index contributed by atoms with van der Waals surface area (Å²) in [4.78, 5) is 0. The van der Waals surface area contributed by atoms with Crippen molar-refractivity contribution in [2.45, 2.75) is 0 Å². The molecule has 0 fully saturated rings. The van der Waals surface area contributed by atoms with E-state index >= 15 is 0 Å². The summed E-state index contributed by atoms with van der Waals surface area (Å²) in [5.74, 6) is 0. The Kier molecular flexibility index (Phi) is 2.02. The summed E-state index contributed by atoms with van der Waals surface area (Å²) in [5, 5.41) is 0. The number of hydrogen-bond donors (Lipinski definition) is 0. The van der Waals surface area contributed by atoms with Crippen molar-refractivity contribution in [3.63, 3.8) is 0 Å². The van der Waals surface area contributed by atoms with Gasteiger partial charge in [-0.05, 0) is 0 Å². The molecule has 0 saturated heterocycles. The molecule has 0 saturated carbocycles. The van der Waals surface area contributed by atoms with Crippen molar-refractivity contribution in [2.75, 3.05) is 66.5 Å². The molecule has 0 aromatic heterocycles. The van der Waals surface area contributed by atoms with Gasteiger partial charge in [-0.25, -0.2) is 0 Å². The van der Waals surface area contributed by atoms with Crippen molar-refractivity contribution in [3.05, 3.63) is 0 Å². The van der Waals surface area contributed by atoms with E-state index in [1.54, 1.807) is 0 Å². The molecule has 0 heterocycles. The van der Waals surface area contributed by atoms with Crippen LogP contribution in [0.2, 0.25) is 0 Å². The Morgan fingerprint density at radius 1 is 0.667 bits per heavy atom. The minimum Gasteiger partial charge on any atom is -0.382 e. The molecule has 0 spiro atoms. The second-order valence-electron chi connectivity index (χ2n) is 1.33. The molecule has 0 N–H and O–H groups in total. The molecule has 0 unspecified atom stereocenters. The van der Waals surface area contributed by atoms with E-state index < -0.39 is 66.5 Å². The van der Waals surface area contributed by atoms with Gasteiger partial charge in [0.05, 0.1) is 82.6 Å². The van der Waals surface area contributed by atoms with Crippen LogP contribution in [0.1, 0.15) is 30.2 Å². The third kappa shape index (κ3) is 13.8. The lowest BCUT2D eigenvalue weighted by Gasteiger charge is -2.06. The van der Waals surface area contributed by atoms with Gasteiger partial charge in [-0.1, -0.05) is 0 Å². The van der Waals surface area contributed by atoms with Crippen LogP contribution in [0.4, 0.5) is 0 Å². The lowest BCUT2D eigenvalue weighted by atomic mass is 10.7. The minimum atomic E-state index is -4.29. The number of rotatable bonds is 12. The van der Waals surface area contributed by atoms with E-state index in [2.05, 4.69) is 23.7 Å². The van der Waals surface area contributed by atoms with Crippen LogP contribution in [-0.4, -0.2) is 66.5 Å². The van der Waals surface area contributed by atoms with Gasteiger partial charge in [0.25, 0.3) is 0 Å². The van der Waals surface area contributed by atoms with Gasteiger partial charge in [0.1, 0.15) is 0 Å². The first kappa shape index (κ1) is 2.20. The molecule has 0 aromatic rings. The summed E-state index contributed by atoms with van der Waals surface area (Å²) in [6.45, 7) is -33.3. The van der Waals surface area contributed by atoms with Crippen molar-refractivity contribution in [2.24, 2.45) is 0 Å². The molecule has 0 aliphatic heterocycles. The predicted octanol–water partition coefficient (Wildman–Crippen LogP) is 0.329. The topological polar surface area (TPSA) is 46.2 Å². The van der Waals surface area contributed by atoms with Crippen molar-refractivity contribution in [1.82, 2.24) is 0 Å². The smallest absolute Gasteiger partial charge is 0.0701 e. The first-order valence-corrected chi connectivity index (χ1v) is 3.04. The third-order valence-electron chi connectivity index (χ3n) is 0.575. The Bertz CT molecular complexity index is 718. The van der Waals surface area contributed by atoms with Crippen LogP contribution in [0.15, 0.2) is 0 Å². The van der Waals surface area contributed by atoms with Crippen molar-refractivity contribution >= 4 is 0 Å². The first-order chi connectivity index (χ1) is 15.5. The summed E-state index contributed by atoms with van der Waals surface area (Å²) in [6.07, 6.45) is 0. The zero-order valence-electron chi connectivity index (χ0n) is 29.0. The standard InChI is InChI=1S/C10H22O5/c1-11-3-5-13-7-9-15-10-8-14-6-4-12-2/h3-10H2,1-2H3/i1D3,2D3,3D2,4D2,5D2,6D2,7D2,8D2,9D2,10D2. The van der Waals surface area contributed by atoms with Gasteiger partial charge in [-0.2, -0.15) is 0 Å². The molecule has 92 valence electrons. The number of hydrogen-bond acceptors (Lipinski definition) is 5. The molecule has 0 rings (SSSR count). The van der Waals surface area contributed by atoms with Crippen LogP contribution in [0, 0.1) is 0 Å². The van der Waals surface area contributed by atoms with Gasteiger partial charge in [-0.3, -0.25) is 0 Å². The molecule has 0 atom stereocenters. The first-order valence-electron chi connectivity index (χ1n) is 14.0. The molecule has 0 bridgehead atoms. The monoisotopic (exact) mass is 244 g/mol. The molecule has 0 aromatic carbocycles. The molecule has 5 heteroatoms. The molecule has 0 aliphatic rings. The Balaban J connectivity index is 6.01. The van der Waals surface area contributed by atoms with E-state index in [0.717, 1.165) is 0 Å². The number of ether oxygens (including phenoxy) is 5. The zero-order chi connectivity index (χ0) is 30.5. The molecule has 5 nitrogen and oxygen atoms in total. The second-order valence-corrected chi connectivity index (χ2v) is 1.33. The lowest BCUT2D eigenvalue weighted by Crippen LogP contribution is -2.12. The summed E-state index contributed by atoms with van der Waals surface area (Å²) in [5.41, 5.74) is 0. The van der Waals surface area contributed by atoms with Crippen molar-refractivity contribution in [1.29, 1.82) is 0 Å². The molecule has 15 heavy (non-hydrogen) atoms. The Morgan fingerprint density at radius 2 is 1.00 bits per heavy atom. The van der Waals surface area contributed by atoms with Crippen LogP contribution < -0.4 is 0 Å². The van der Waals surface area contributed by atoms with Crippen LogP contribution in [-0.2, 0) is 23.7 Å². The van der Waals surface area contributed by atoms with Gasteiger partial charge in [-0.15, -0.1) is 0 Å². The summed E-state index contributed by atoms with van der Waals surface area (Å²) < 4.78 is 180. The molecular formula is C10H22O5. The van der Waals surface area contributed by atoms with Gasteiger partial charge in [0.2, 0.25) is 0 Å². The fourth-order valence-corrected chi connectivity index (χ4v) is 0.243. The van der Waals surface area contributed by atoms with Gasteiger partial charge in [0.15, 0.2) is 0 Å². The maximum absolute atomic E-state index is 7.58. The fourth-order valence-electron chi connectivity index (χ4n) is 0.243. The van der Waals surface area contributed by atoms with Gasteiger partial charge in [0, 0.05) is 14.1 Å². The SMILES string of the molecule is [2H]C([2H])([2H])OC([2H])([2H])C([2H])([2H])OC([2H])([2H])C([2H])([2H])OC([2H])([2H])C([2H])([2H])OC([2H])([2H])C([2H])([2H])OC([2H])([2H])[2H]. The highest BCUT2D eigenvalue weighted by Gasteiger charge is 1.91. The van der Waals surface area contributed by atoms with Crippen molar-refractivity contribution < 1.29 is 53.8 Å². The van der Waals surface area contributed by atoms with Crippen molar-refractivity contribution in [3.8, 4) is 0 Å². The highest BCUT2D eigenvalue weighted by molar-refractivity contribution is 4.34. The van der Waals surface area contributed by atoms with Gasteiger partial charge < -0.3 is 23.7 Å². The van der Waals surface area contributed by atoms with Crippen LogP contribution >= 0.6 is 0 Å².